The summed E-state index contributed by atoms with van der Waals surface area (Å²) in [5.74, 6) is 0.798. The molecule has 96 valence electrons. The van der Waals surface area contributed by atoms with Gasteiger partial charge in [-0.3, -0.25) is 4.90 Å². The van der Waals surface area contributed by atoms with Crippen molar-refractivity contribution in [1.29, 1.82) is 0 Å². The molecule has 1 saturated carbocycles. The van der Waals surface area contributed by atoms with Crippen molar-refractivity contribution in [3.8, 4) is 5.75 Å². The molecule has 1 saturated heterocycles. The predicted molar refractivity (Wildman–Crippen MR) is 68.0 cm³/mol. The molecule has 0 bridgehead atoms. The largest absolute Gasteiger partial charge is 0.497 e. The van der Waals surface area contributed by atoms with Gasteiger partial charge in [-0.25, -0.2) is 4.79 Å². The summed E-state index contributed by atoms with van der Waals surface area (Å²) in [5.41, 5.74) is 0.898. The summed E-state index contributed by atoms with van der Waals surface area (Å²) in [5, 5.41) is 0. The van der Waals surface area contributed by atoms with Crippen LogP contribution in [0, 0.1) is 0 Å². The van der Waals surface area contributed by atoms with Crippen molar-refractivity contribution in [1.82, 2.24) is 0 Å². The number of hydrogen-bond acceptors (Lipinski definition) is 3. The van der Waals surface area contributed by atoms with Crippen molar-refractivity contribution in [3.05, 3.63) is 24.3 Å². The molecule has 0 spiro atoms. The van der Waals surface area contributed by atoms with E-state index in [2.05, 4.69) is 0 Å². The zero-order valence-corrected chi connectivity index (χ0v) is 10.5. The number of carbonyl (C=O) groups excluding carboxylic acids is 1. The van der Waals surface area contributed by atoms with E-state index in [-0.39, 0.29) is 18.2 Å². The van der Waals surface area contributed by atoms with E-state index in [1.165, 1.54) is 6.42 Å². The standard InChI is InChI=1S/C14H17NO3/c1-17-11-8-6-10(7-9-11)15-12-4-2-3-5-13(12)18-14(15)16/h6-9,12-13H,2-5H2,1H3/t12-,13+/m0/s1. The highest BCUT2D eigenvalue weighted by Crippen LogP contribution is 2.35. The first kappa shape index (κ1) is 11.4. The van der Waals surface area contributed by atoms with Crippen LogP contribution in [0.15, 0.2) is 24.3 Å². The summed E-state index contributed by atoms with van der Waals surface area (Å²) in [7, 11) is 1.64. The fourth-order valence-corrected chi connectivity index (χ4v) is 2.87. The maximum absolute atomic E-state index is 12.0. The second-order valence-corrected chi connectivity index (χ2v) is 4.84. The molecule has 1 aliphatic heterocycles. The Bertz CT molecular complexity index is 443. The van der Waals surface area contributed by atoms with E-state index in [1.807, 2.05) is 24.3 Å². The molecule has 0 aromatic heterocycles. The van der Waals surface area contributed by atoms with Gasteiger partial charge in [0.15, 0.2) is 0 Å². The molecule has 0 unspecified atom stereocenters. The van der Waals surface area contributed by atoms with E-state index < -0.39 is 0 Å². The molecule has 18 heavy (non-hydrogen) atoms. The van der Waals surface area contributed by atoms with Gasteiger partial charge >= 0.3 is 6.09 Å². The van der Waals surface area contributed by atoms with E-state index >= 15 is 0 Å². The minimum atomic E-state index is -0.211. The summed E-state index contributed by atoms with van der Waals surface area (Å²) >= 11 is 0. The molecule has 1 aromatic carbocycles. The first-order chi connectivity index (χ1) is 8.79. The normalized spacial score (nSPS) is 26.7. The minimum Gasteiger partial charge on any atom is -0.497 e. The molecule has 2 aliphatic rings. The first-order valence-corrected chi connectivity index (χ1v) is 6.43. The van der Waals surface area contributed by atoms with E-state index in [0.29, 0.717) is 0 Å². The van der Waals surface area contributed by atoms with E-state index in [1.54, 1.807) is 12.0 Å². The van der Waals surface area contributed by atoms with Crippen LogP contribution in [0.3, 0.4) is 0 Å². The van der Waals surface area contributed by atoms with E-state index in [9.17, 15) is 4.79 Å². The fourth-order valence-electron chi connectivity index (χ4n) is 2.87. The lowest BCUT2D eigenvalue weighted by molar-refractivity contribution is 0.113. The van der Waals surface area contributed by atoms with Gasteiger partial charge in [0.1, 0.15) is 11.9 Å². The summed E-state index contributed by atoms with van der Waals surface area (Å²) < 4.78 is 10.6. The third-order valence-corrected chi connectivity index (χ3v) is 3.80. The molecule has 1 aromatic rings. The van der Waals surface area contributed by atoms with Crippen LogP contribution in [0.25, 0.3) is 0 Å². The van der Waals surface area contributed by atoms with Gasteiger partial charge in [-0.05, 0) is 43.5 Å². The van der Waals surface area contributed by atoms with Crippen LogP contribution >= 0.6 is 0 Å². The van der Waals surface area contributed by atoms with Crippen molar-refractivity contribution in [2.45, 2.75) is 37.8 Å². The summed E-state index contributed by atoms with van der Waals surface area (Å²) in [6, 6.07) is 7.78. The molecule has 0 N–H and O–H groups in total. The number of methoxy groups -OCH3 is 1. The number of nitrogens with zero attached hydrogens (tertiary/aromatic N) is 1. The predicted octanol–water partition coefficient (Wildman–Crippen LogP) is 2.96. The molecular weight excluding hydrogens is 230 g/mol. The van der Waals surface area contributed by atoms with Gasteiger partial charge in [0.25, 0.3) is 0 Å². The van der Waals surface area contributed by atoms with Gasteiger partial charge in [0, 0.05) is 5.69 Å². The van der Waals surface area contributed by atoms with Gasteiger partial charge in [-0.15, -0.1) is 0 Å². The smallest absolute Gasteiger partial charge is 0.415 e. The number of rotatable bonds is 2. The molecule has 4 nitrogen and oxygen atoms in total. The lowest BCUT2D eigenvalue weighted by atomic mass is 9.92. The quantitative estimate of drug-likeness (QED) is 0.806. The third-order valence-electron chi connectivity index (χ3n) is 3.80. The third kappa shape index (κ3) is 1.82. The van der Waals surface area contributed by atoms with Crippen molar-refractivity contribution in [2.75, 3.05) is 12.0 Å². The number of carbonyl (C=O) groups is 1. The zero-order chi connectivity index (χ0) is 12.5. The summed E-state index contributed by atoms with van der Waals surface area (Å²) in [4.78, 5) is 13.8. The maximum Gasteiger partial charge on any atom is 0.415 e. The second kappa shape index (κ2) is 4.52. The Morgan fingerprint density at radius 1 is 1.22 bits per heavy atom. The Morgan fingerprint density at radius 3 is 2.67 bits per heavy atom. The van der Waals surface area contributed by atoms with Crippen molar-refractivity contribution in [3.63, 3.8) is 0 Å². The lowest BCUT2D eigenvalue weighted by Crippen LogP contribution is -2.38. The fraction of sp³-hybridized carbons (Fsp3) is 0.500. The SMILES string of the molecule is COc1ccc(N2C(=O)O[C@@H]3CCCC[C@@H]32)cc1. The highest BCUT2D eigenvalue weighted by molar-refractivity contribution is 5.90. The van der Waals surface area contributed by atoms with Gasteiger partial charge in [0.2, 0.25) is 0 Å². The van der Waals surface area contributed by atoms with Crippen molar-refractivity contribution < 1.29 is 14.3 Å². The van der Waals surface area contributed by atoms with Gasteiger partial charge in [-0.1, -0.05) is 6.42 Å². The molecule has 1 aliphatic carbocycles. The van der Waals surface area contributed by atoms with Crippen LogP contribution in [0.4, 0.5) is 10.5 Å². The Balaban J connectivity index is 1.87. The van der Waals surface area contributed by atoms with Crippen LogP contribution in [-0.4, -0.2) is 25.3 Å². The molecule has 3 rings (SSSR count). The maximum atomic E-state index is 12.0. The van der Waals surface area contributed by atoms with Crippen molar-refractivity contribution in [2.24, 2.45) is 0 Å². The molecule has 0 radical (unpaired) electrons. The molecule has 1 amide bonds. The highest BCUT2D eigenvalue weighted by Gasteiger charge is 2.43. The zero-order valence-electron chi connectivity index (χ0n) is 10.5. The van der Waals surface area contributed by atoms with E-state index in [4.69, 9.17) is 9.47 Å². The summed E-state index contributed by atoms with van der Waals surface area (Å²) in [6.07, 6.45) is 4.21. The molecule has 2 atom stereocenters. The Hall–Kier alpha value is -1.71. The number of ether oxygens (including phenoxy) is 2. The van der Waals surface area contributed by atoms with Gasteiger partial charge in [0.05, 0.1) is 13.2 Å². The number of benzene rings is 1. The number of hydrogen-bond donors (Lipinski definition) is 0. The Morgan fingerprint density at radius 2 is 1.94 bits per heavy atom. The van der Waals surface area contributed by atoms with Crippen LogP contribution < -0.4 is 9.64 Å². The van der Waals surface area contributed by atoms with Crippen LogP contribution in [0.5, 0.6) is 5.75 Å². The number of amides is 1. The van der Waals surface area contributed by atoms with Gasteiger partial charge < -0.3 is 9.47 Å². The monoisotopic (exact) mass is 247 g/mol. The Labute approximate surface area is 106 Å². The van der Waals surface area contributed by atoms with Gasteiger partial charge in [-0.2, -0.15) is 0 Å². The number of anilines is 1. The average molecular weight is 247 g/mol. The first-order valence-electron chi connectivity index (χ1n) is 6.43. The molecular formula is C14H17NO3. The van der Waals surface area contributed by atoms with E-state index in [0.717, 1.165) is 30.7 Å². The molecule has 2 fully saturated rings. The van der Waals surface area contributed by atoms with Crippen LogP contribution in [0.1, 0.15) is 25.7 Å². The highest BCUT2D eigenvalue weighted by atomic mass is 16.6. The molecule has 1 heterocycles. The topological polar surface area (TPSA) is 38.8 Å². The minimum absolute atomic E-state index is 0.0772. The summed E-state index contributed by atoms with van der Waals surface area (Å²) in [6.45, 7) is 0. The average Bonchev–Trinajstić information content (AvgIpc) is 2.75. The Kier molecular flexibility index (Phi) is 2.86. The van der Waals surface area contributed by atoms with Crippen LogP contribution in [-0.2, 0) is 4.74 Å². The lowest BCUT2D eigenvalue weighted by Gasteiger charge is -2.28. The van der Waals surface area contributed by atoms with Crippen LogP contribution in [0.2, 0.25) is 0 Å². The second-order valence-electron chi connectivity index (χ2n) is 4.84. The number of fused-ring (bicyclic) bond motifs is 1. The van der Waals surface area contributed by atoms with Crippen molar-refractivity contribution >= 4 is 11.8 Å². The molecule has 4 heteroatoms.